The van der Waals surface area contributed by atoms with Crippen LogP contribution < -0.4 is 11.1 Å². The molecular formula is C11H31N3. The standard InChI is InChI=1S/C5H14N2.C4H11N.C2H6/c1-6-4-5-7(2)3;1-4(2,3)5;1-2/h6H,4-5H2,1-3H3;5H2,1-3H3;1-2H3. The monoisotopic (exact) mass is 205 g/mol. The Kier molecular flexibility index (Phi) is 17.9. The quantitative estimate of drug-likeness (QED) is 0.734. The zero-order chi connectivity index (χ0) is 12.2. The Balaban J connectivity index is -0.000000152. The molecule has 0 saturated carbocycles. The summed E-state index contributed by atoms with van der Waals surface area (Å²) in [6, 6.07) is 0. The van der Waals surface area contributed by atoms with E-state index in [9.17, 15) is 0 Å². The van der Waals surface area contributed by atoms with Crippen molar-refractivity contribution in [2.24, 2.45) is 5.73 Å². The van der Waals surface area contributed by atoms with Gasteiger partial charge in [0.1, 0.15) is 0 Å². The van der Waals surface area contributed by atoms with E-state index in [-0.39, 0.29) is 5.54 Å². The molecule has 0 aromatic carbocycles. The van der Waals surface area contributed by atoms with Gasteiger partial charge in [0.15, 0.2) is 0 Å². The van der Waals surface area contributed by atoms with E-state index in [2.05, 4.69) is 24.3 Å². The lowest BCUT2D eigenvalue weighted by atomic mass is 10.1. The lowest BCUT2D eigenvalue weighted by Gasteiger charge is -2.06. The molecule has 3 heteroatoms. The van der Waals surface area contributed by atoms with Gasteiger partial charge in [-0.05, 0) is 41.9 Å². The van der Waals surface area contributed by atoms with E-state index < -0.39 is 0 Å². The third-order valence-electron chi connectivity index (χ3n) is 0.809. The highest BCUT2D eigenvalue weighted by Gasteiger charge is 1.95. The van der Waals surface area contributed by atoms with Crippen molar-refractivity contribution in [2.45, 2.75) is 40.2 Å². The molecule has 0 aromatic rings. The molecule has 0 fully saturated rings. The Labute approximate surface area is 91.0 Å². The van der Waals surface area contributed by atoms with Crippen LogP contribution in [0, 0.1) is 0 Å². The summed E-state index contributed by atoms with van der Waals surface area (Å²) in [5.74, 6) is 0. The molecule has 0 aliphatic carbocycles. The van der Waals surface area contributed by atoms with Gasteiger partial charge < -0.3 is 16.0 Å². The smallest absolute Gasteiger partial charge is 0.0101 e. The van der Waals surface area contributed by atoms with Crippen LogP contribution in [-0.2, 0) is 0 Å². The lowest BCUT2D eigenvalue weighted by Crippen LogP contribution is -2.26. The van der Waals surface area contributed by atoms with E-state index >= 15 is 0 Å². The largest absolute Gasteiger partial charge is 0.326 e. The van der Waals surface area contributed by atoms with Crippen LogP contribution in [0.4, 0.5) is 0 Å². The second-order valence-electron chi connectivity index (χ2n) is 4.27. The van der Waals surface area contributed by atoms with Crippen molar-refractivity contribution in [1.29, 1.82) is 0 Å². The van der Waals surface area contributed by atoms with Gasteiger partial charge in [-0.1, -0.05) is 13.8 Å². The molecule has 0 unspecified atom stereocenters. The van der Waals surface area contributed by atoms with E-state index in [1.54, 1.807) is 0 Å². The van der Waals surface area contributed by atoms with Gasteiger partial charge in [-0.25, -0.2) is 0 Å². The number of hydrogen-bond acceptors (Lipinski definition) is 3. The minimum atomic E-state index is 0. The summed E-state index contributed by atoms with van der Waals surface area (Å²) in [6.45, 7) is 12.1. The molecule has 14 heavy (non-hydrogen) atoms. The van der Waals surface area contributed by atoms with E-state index in [0.29, 0.717) is 0 Å². The first-order chi connectivity index (χ1) is 6.27. The number of rotatable bonds is 3. The van der Waals surface area contributed by atoms with Crippen molar-refractivity contribution in [2.75, 3.05) is 34.2 Å². The zero-order valence-corrected chi connectivity index (χ0v) is 11.4. The van der Waals surface area contributed by atoms with Crippen LogP contribution in [0.15, 0.2) is 0 Å². The van der Waals surface area contributed by atoms with Crippen LogP contribution in [0.5, 0.6) is 0 Å². The summed E-state index contributed by atoms with van der Waals surface area (Å²) in [5.41, 5.74) is 5.35. The van der Waals surface area contributed by atoms with Crippen LogP contribution in [0.3, 0.4) is 0 Å². The molecule has 0 aliphatic rings. The van der Waals surface area contributed by atoms with Crippen LogP contribution >= 0.6 is 0 Å². The molecule has 3 N–H and O–H groups in total. The van der Waals surface area contributed by atoms with Crippen molar-refractivity contribution in [1.82, 2.24) is 10.2 Å². The summed E-state index contributed by atoms with van der Waals surface area (Å²) < 4.78 is 0. The Morgan fingerprint density at radius 1 is 1.14 bits per heavy atom. The topological polar surface area (TPSA) is 41.3 Å². The van der Waals surface area contributed by atoms with Crippen molar-refractivity contribution in [3.8, 4) is 0 Å². The zero-order valence-electron chi connectivity index (χ0n) is 11.4. The highest BCUT2D eigenvalue weighted by Crippen LogP contribution is 1.88. The molecule has 0 saturated heterocycles. The molecule has 0 rings (SSSR count). The van der Waals surface area contributed by atoms with Gasteiger partial charge in [-0.3, -0.25) is 0 Å². The molecule has 0 heterocycles. The molecule has 0 amide bonds. The molecule has 90 valence electrons. The fourth-order valence-electron chi connectivity index (χ4n) is 0.335. The van der Waals surface area contributed by atoms with E-state index in [1.165, 1.54) is 0 Å². The highest BCUT2D eigenvalue weighted by molar-refractivity contribution is 4.60. The van der Waals surface area contributed by atoms with Gasteiger partial charge in [-0.2, -0.15) is 0 Å². The maximum absolute atomic E-state index is 5.35. The number of hydrogen-bond donors (Lipinski definition) is 2. The summed E-state index contributed by atoms with van der Waals surface area (Å²) in [5, 5.41) is 3.06. The Morgan fingerprint density at radius 3 is 1.50 bits per heavy atom. The van der Waals surface area contributed by atoms with Crippen LogP contribution in [-0.4, -0.2) is 44.7 Å². The Bertz CT molecular complexity index is 79.0. The first-order valence-corrected chi connectivity index (χ1v) is 5.35. The summed E-state index contributed by atoms with van der Waals surface area (Å²) in [7, 11) is 6.10. The third-order valence-corrected chi connectivity index (χ3v) is 0.809. The first-order valence-electron chi connectivity index (χ1n) is 5.35. The van der Waals surface area contributed by atoms with Gasteiger partial charge in [0, 0.05) is 18.6 Å². The summed E-state index contributed by atoms with van der Waals surface area (Å²) in [6.07, 6.45) is 0. The fourth-order valence-corrected chi connectivity index (χ4v) is 0.335. The van der Waals surface area contributed by atoms with Crippen LogP contribution in [0.2, 0.25) is 0 Å². The average molecular weight is 205 g/mol. The lowest BCUT2D eigenvalue weighted by molar-refractivity contribution is 0.407. The average Bonchev–Trinajstić information content (AvgIpc) is 2.01. The molecule has 0 aliphatic heterocycles. The highest BCUT2D eigenvalue weighted by atomic mass is 15.1. The number of likely N-dealkylation sites (N-methyl/N-ethyl adjacent to an activating group) is 2. The number of nitrogens with zero attached hydrogens (tertiary/aromatic N) is 1. The van der Waals surface area contributed by atoms with Gasteiger partial charge in [0.2, 0.25) is 0 Å². The van der Waals surface area contributed by atoms with E-state index in [4.69, 9.17) is 5.73 Å². The van der Waals surface area contributed by atoms with E-state index in [1.807, 2.05) is 41.7 Å². The van der Waals surface area contributed by atoms with Crippen molar-refractivity contribution >= 4 is 0 Å². The molecule has 0 radical (unpaired) electrons. The third kappa shape index (κ3) is 93.4. The number of nitrogens with two attached hydrogens (primary N) is 1. The fraction of sp³-hybridized carbons (Fsp3) is 1.00. The number of nitrogens with one attached hydrogen (secondary N) is 1. The second kappa shape index (κ2) is 12.9. The molecule has 0 atom stereocenters. The minimum Gasteiger partial charge on any atom is -0.326 e. The van der Waals surface area contributed by atoms with Crippen LogP contribution in [0.25, 0.3) is 0 Å². The summed E-state index contributed by atoms with van der Waals surface area (Å²) in [4.78, 5) is 2.15. The normalized spacial score (nSPS) is 9.86. The van der Waals surface area contributed by atoms with E-state index in [0.717, 1.165) is 13.1 Å². The van der Waals surface area contributed by atoms with Crippen molar-refractivity contribution in [3.05, 3.63) is 0 Å². The second-order valence-corrected chi connectivity index (χ2v) is 4.27. The van der Waals surface area contributed by atoms with Crippen LogP contribution in [0.1, 0.15) is 34.6 Å². The molecule has 0 aromatic heterocycles. The van der Waals surface area contributed by atoms with Gasteiger partial charge in [-0.15, -0.1) is 0 Å². The molecule has 0 bridgehead atoms. The summed E-state index contributed by atoms with van der Waals surface area (Å²) >= 11 is 0. The SMILES string of the molecule is CC.CC(C)(C)N.CNCCN(C)C. The van der Waals surface area contributed by atoms with Gasteiger partial charge in [0.05, 0.1) is 0 Å². The Morgan fingerprint density at radius 2 is 1.43 bits per heavy atom. The molecular weight excluding hydrogens is 174 g/mol. The maximum atomic E-state index is 5.35. The molecule has 0 spiro atoms. The minimum absolute atomic E-state index is 0. The van der Waals surface area contributed by atoms with Crippen molar-refractivity contribution < 1.29 is 0 Å². The predicted molar refractivity (Wildman–Crippen MR) is 67.8 cm³/mol. The Hall–Kier alpha value is -0.120. The van der Waals surface area contributed by atoms with Crippen molar-refractivity contribution in [3.63, 3.8) is 0 Å². The maximum Gasteiger partial charge on any atom is 0.0101 e. The van der Waals surface area contributed by atoms with Gasteiger partial charge in [0.25, 0.3) is 0 Å². The van der Waals surface area contributed by atoms with Gasteiger partial charge >= 0.3 is 0 Å². The molecule has 3 nitrogen and oxygen atoms in total. The predicted octanol–water partition coefficient (Wildman–Crippen LogP) is 1.54. The first kappa shape index (κ1) is 19.5.